The van der Waals surface area contributed by atoms with E-state index in [-0.39, 0.29) is 5.92 Å². The van der Waals surface area contributed by atoms with Crippen molar-refractivity contribution in [2.75, 3.05) is 6.61 Å². The molecule has 6 nitrogen and oxygen atoms in total. The van der Waals surface area contributed by atoms with Crippen molar-refractivity contribution in [1.82, 2.24) is 0 Å². The van der Waals surface area contributed by atoms with Gasteiger partial charge in [-0.05, 0) is 54.4 Å². The van der Waals surface area contributed by atoms with Crippen molar-refractivity contribution in [3.05, 3.63) is 58.7 Å². The van der Waals surface area contributed by atoms with Crippen molar-refractivity contribution in [1.29, 1.82) is 5.26 Å². The fourth-order valence-corrected chi connectivity index (χ4v) is 4.36. The van der Waals surface area contributed by atoms with E-state index < -0.39 is 37.1 Å². The Hall–Kier alpha value is -2.01. The zero-order valence-electron chi connectivity index (χ0n) is 16.2. The van der Waals surface area contributed by atoms with Crippen LogP contribution in [0.2, 0.25) is 0 Å². The van der Waals surface area contributed by atoms with Gasteiger partial charge >= 0.3 is 0 Å². The van der Waals surface area contributed by atoms with Crippen LogP contribution in [0.5, 0.6) is 0 Å². The maximum Gasteiger partial charge on any atom is 0.111 e. The third-order valence-corrected chi connectivity index (χ3v) is 6.29. The summed E-state index contributed by atoms with van der Waals surface area (Å²) in [6.07, 6.45) is 1.48. The molecular weight excluding hydrogens is 370 g/mol. The highest BCUT2D eigenvalue weighted by atomic mass is 16.5. The number of nitrogens with zero attached hydrogens (tertiary/aromatic N) is 1. The first-order valence-electron chi connectivity index (χ1n) is 10.2. The minimum atomic E-state index is -1.39. The van der Waals surface area contributed by atoms with E-state index in [4.69, 9.17) is 4.74 Å². The van der Waals surface area contributed by atoms with E-state index in [9.17, 15) is 25.7 Å². The summed E-state index contributed by atoms with van der Waals surface area (Å²) in [7, 11) is 0. The van der Waals surface area contributed by atoms with Gasteiger partial charge in [-0.3, -0.25) is 0 Å². The number of rotatable bonds is 5. The third-order valence-electron chi connectivity index (χ3n) is 6.29. The van der Waals surface area contributed by atoms with Gasteiger partial charge in [0.2, 0.25) is 0 Å². The Labute approximate surface area is 170 Å². The molecule has 1 aromatic carbocycles. The molecule has 6 atom stereocenters. The van der Waals surface area contributed by atoms with E-state index in [0.29, 0.717) is 24.3 Å². The molecule has 6 heteroatoms. The molecule has 0 spiro atoms. The molecule has 1 saturated heterocycles. The molecule has 0 bridgehead atoms. The van der Waals surface area contributed by atoms with Crippen LogP contribution in [0.3, 0.4) is 0 Å². The maximum absolute atomic E-state index is 10.4. The Morgan fingerprint density at radius 3 is 2.38 bits per heavy atom. The fraction of sp³-hybridized carbons (Fsp3) is 0.522. The Kier molecular flexibility index (Phi) is 5.86. The summed E-state index contributed by atoms with van der Waals surface area (Å²) < 4.78 is 5.72. The van der Waals surface area contributed by atoms with Crippen LogP contribution in [0.4, 0.5) is 0 Å². The Morgan fingerprint density at radius 1 is 1.03 bits per heavy atom. The third kappa shape index (κ3) is 4.16. The molecule has 2 fully saturated rings. The molecule has 4 rings (SSSR count). The van der Waals surface area contributed by atoms with Gasteiger partial charge in [0.25, 0.3) is 0 Å². The molecule has 3 aliphatic rings. The first-order chi connectivity index (χ1) is 14.0. The summed E-state index contributed by atoms with van der Waals surface area (Å²) in [5.41, 5.74) is 4.05. The smallest absolute Gasteiger partial charge is 0.111 e. The summed E-state index contributed by atoms with van der Waals surface area (Å²) >= 11 is 0. The van der Waals surface area contributed by atoms with Crippen molar-refractivity contribution in [3.8, 4) is 6.07 Å². The number of aliphatic hydroxyl groups is 4. The maximum atomic E-state index is 10.4. The van der Waals surface area contributed by atoms with Gasteiger partial charge in [0.1, 0.15) is 24.4 Å². The normalized spacial score (nSPS) is 34.9. The highest BCUT2D eigenvalue weighted by Gasteiger charge is 2.46. The van der Waals surface area contributed by atoms with Crippen LogP contribution in [-0.4, -0.2) is 57.6 Å². The number of nitriles is 1. The molecule has 29 heavy (non-hydrogen) atoms. The quantitative estimate of drug-likeness (QED) is 0.596. The van der Waals surface area contributed by atoms with E-state index in [0.717, 1.165) is 11.1 Å². The molecule has 4 N–H and O–H groups in total. The molecule has 1 unspecified atom stereocenters. The first-order valence-corrected chi connectivity index (χ1v) is 10.2. The van der Waals surface area contributed by atoms with Crippen LogP contribution in [0, 0.1) is 17.2 Å². The summed E-state index contributed by atoms with van der Waals surface area (Å²) in [4.78, 5) is 0. The van der Waals surface area contributed by atoms with Gasteiger partial charge in [0, 0.05) is 5.92 Å². The van der Waals surface area contributed by atoms with Crippen molar-refractivity contribution in [2.24, 2.45) is 5.92 Å². The van der Waals surface area contributed by atoms with Crippen molar-refractivity contribution in [3.63, 3.8) is 0 Å². The summed E-state index contributed by atoms with van der Waals surface area (Å²) in [5.74, 6) is 0.435. The lowest BCUT2D eigenvalue weighted by Gasteiger charge is -2.43. The lowest BCUT2D eigenvalue weighted by molar-refractivity contribution is -0.237. The average Bonchev–Trinajstić information content (AvgIpc) is 3.58. The van der Waals surface area contributed by atoms with Crippen LogP contribution in [0.15, 0.2) is 47.6 Å². The van der Waals surface area contributed by atoms with Crippen molar-refractivity contribution in [2.45, 2.75) is 62.1 Å². The Bertz CT molecular complexity index is 834. The number of allylic oxidation sites excluding steroid dienone is 3. The summed E-state index contributed by atoms with van der Waals surface area (Å²) in [6.45, 7) is -0.447. The molecule has 1 aliphatic heterocycles. The van der Waals surface area contributed by atoms with E-state index >= 15 is 0 Å². The molecule has 1 aromatic rings. The highest BCUT2D eigenvalue weighted by Crippen LogP contribution is 2.40. The Morgan fingerprint density at radius 2 is 1.76 bits per heavy atom. The molecule has 0 aromatic heterocycles. The zero-order chi connectivity index (χ0) is 20.5. The monoisotopic (exact) mass is 397 g/mol. The van der Waals surface area contributed by atoms with Gasteiger partial charge in [-0.1, -0.05) is 30.3 Å². The van der Waals surface area contributed by atoms with Gasteiger partial charge in [-0.25, -0.2) is 0 Å². The SMILES string of the molecule is N#CC1=C(Cc2ccc(C3CC3)cc2)CC([C@@H]2O[C@H](CO)[C@@H](O)[C@H](O)[C@H]2O)C=C1. The van der Waals surface area contributed by atoms with E-state index in [1.165, 1.54) is 18.4 Å². The molecule has 154 valence electrons. The average molecular weight is 397 g/mol. The van der Waals surface area contributed by atoms with E-state index in [1.807, 2.05) is 6.08 Å². The number of benzene rings is 1. The van der Waals surface area contributed by atoms with Gasteiger partial charge in [-0.15, -0.1) is 0 Å². The minimum absolute atomic E-state index is 0.265. The predicted octanol–water partition coefficient (Wildman–Crippen LogP) is 1.35. The van der Waals surface area contributed by atoms with Crippen LogP contribution in [0.25, 0.3) is 0 Å². The number of hydrogen-bond donors (Lipinski definition) is 4. The van der Waals surface area contributed by atoms with E-state index in [1.54, 1.807) is 6.08 Å². The van der Waals surface area contributed by atoms with Gasteiger partial charge in [0.15, 0.2) is 0 Å². The topological polar surface area (TPSA) is 114 Å². The van der Waals surface area contributed by atoms with Crippen LogP contribution in [0.1, 0.15) is 36.3 Å². The van der Waals surface area contributed by atoms with Crippen LogP contribution in [-0.2, 0) is 11.2 Å². The Balaban J connectivity index is 1.50. The van der Waals surface area contributed by atoms with Crippen LogP contribution < -0.4 is 0 Å². The number of aliphatic hydroxyl groups excluding tert-OH is 4. The minimum Gasteiger partial charge on any atom is -0.394 e. The predicted molar refractivity (Wildman–Crippen MR) is 106 cm³/mol. The summed E-state index contributed by atoms with van der Waals surface area (Å²) in [5, 5.41) is 49.5. The van der Waals surface area contributed by atoms with Gasteiger partial charge in [0.05, 0.1) is 24.4 Å². The largest absolute Gasteiger partial charge is 0.394 e. The van der Waals surface area contributed by atoms with Crippen molar-refractivity contribution >= 4 is 0 Å². The van der Waals surface area contributed by atoms with Crippen LogP contribution >= 0.6 is 0 Å². The molecule has 1 heterocycles. The van der Waals surface area contributed by atoms with Gasteiger partial charge < -0.3 is 25.2 Å². The van der Waals surface area contributed by atoms with Crippen molar-refractivity contribution < 1.29 is 25.2 Å². The molecule has 0 amide bonds. The lowest BCUT2D eigenvalue weighted by Crippen LogP contribution is -2.60. The van der Waals surface area contributed by atoms with Gasteiger partial charge in [-0.2, -0.15) is 5.26 Å². The molecule has 0 radical (unpaired) electrons. The standard InChI is InChI=1S/C23H27NO5/c24-11-17-8-7-16(23-22(28)21(27)20(26)19(12-25)29-23)10-18(17)9-13-1-3-14(4-2-13)15-5-6-15/h1-4,7-8,15-16,19-23,25-28H,5-6,9-10,12H2/t16?,19-,20-,21+,22-,23+/m1/s1. The highest BCUT2D eigenvalue weighted by molar-refractivity contribution is 5.44. The second-order valence-corrected chi connectivity index (χ2v) is 8.34. The number of hydrogen-bond acceptors (Lipinski definition) is 6. The molecule has 2 aliphatic carbocycles. The lowest BCUT2D eigenvalue weighted by atomic mass is 9.79. The summed E-state index contributed by atoms with van der Waals surface area (Å²) in [6, 6.07) is 10.8. The molecular formula is C23H27NO5. The second-order valence-electron chi connectivity index (χ2n) is 8.34. The fourth-order valence-electron chi connectivity index (χ4n) is 4.36. The second kappa shape index (κ2) is 8.39. The first kappa shape index (κ1) is 20.3. The van der Waals surface area contributed by atoms with E-state index in [2.05, 4.69) is 30.3 Å². The number of ether oxygens (including phenoxy) is 1. The zero-order valence-corrected chi connectivity index (χ0v) is 16.2. The molecule has 1 saturated carbocycles.